The molecule has 0 aromatic rings. The Kier molecular flexibility index (Phi) is 6.22. The summed E-state index contributed by atoms with van der Waals surface area (Å²) in [5.41, 5.74) is 0. The van der Waals surface area contributed by atoms with Crippen LogP contribution in [-0.2, 0) is 14.9 Å². The van der Waals surface area contributed by atoms with Gasteiger partial charge in [-0.25, -0.2) is 0 Å². The van der Waals surface area contributed by atoms with E-state index in [2.05, 4.69) is 4.72 Å². The van der Waals surface area contributed by atoms with Gasteiger partial charge in [0.25, 0.3) is 10.2 Å². The van der Waals surface area contributed by atoms with E-state index in [0.29, 0.717) is 32.3 Å². The van der Waals surface area contributed by atoms with Crippen LogP contribution in [0.25, 0.3) is 0 Å². The zero-order valence-electron chi connectivity index (χ0n) is 12.0. The van der Waals surface area contributed by atoms with Crippen molar-refractivity contribution in [3.8, 4) is 0 Å². The molecular formula is C13H26N2O4S. The molecule has 0 amide bonds. The molecule has 20 heavy (non-hydrogen) atoms. The van der Waals surface area contributed by atoms with Crippen LogP contribution in [0.1, 0.15) is 38.5 Å². The molecule has 2 rings (SSSR count). The fourth-order valence-electron chi connectivity index (χ4n) is 2.94. The van der Waals surface area contributed by atoms with Crippen molar-refractivity contribution in [3.63, 3.8) is 0 Å². The highest BCUT2D eigenvalue weighted by atomic mass is 32.2. The Hall–Kier alpha value is -0.210. The topological polar surface area (TPSA) is 78.9 Å². The first kappa shape index (κ1) is 16.2. The Balaban J connectivity index is 1.69. The maximum absolute atomic E-state index is 12.1. The highest BCUT2D eigenvalue weighted by molar-refractivity contribution is 7.87. The van der Waals surface area contributed by atoms with Crippen molar-refractivity contribution in [1.82, 2.24) is 9.03 Å². The lowest BCUT2D eigenvalue weighted by Gasteiger charge is -2.30. The SMILES string of the molecule is O=S(=O)(NCCOC1CCCC1)N1CCCC(CO)C1. The fraction of sp³-hybridized carbons (Fsp3) is 1.00. The van der Waals surface area contributed by atoms with E-state index in [9.17, 15) is 8.42 Å². The van der Waals surface area contributed by atoms with Crippen LogP contribution in [0.4, 0.5) is 0 Å². The number of aliphatic hydroxyl groups excluding tert-OH is 1. The second-order valence-corrected chi connectivity index (χ2v) is 7.48. The molecule has 2 aliphatic rings. The summed E-state index contributed by atoms with van der Waals surface area (Å²) < 4.78 is 33.9. The lowest BCUT2D eigenvalue weighted by molar-refractivity contribution is 0.0623. The van der Waals surface area contributed by atoms with E-state index in [1.165, 1.54) is 17.1 Å². The molecule has 0 aromatic heterocycles. The molecule has 1 aliphatic carbocycles. The normalized spacial score (nSPS) is 26.1. The van der Waals surface area contributed by atoms with Crippen molar-refractivity contribution in [2.45, 2.75) is 44.6 Å². The van der Waals surface area contributed by atoms with E-state index in [4.69, 9.17) is 9.84 Å². The number of ether oxygens (including phenoxy) is 1. The Morgan fingerprint density at radius 2 is 1.95 bits per heavy atom. The quantitative estimate of drug-likeness (QED) is 0.671. The summed E-state index contributed by atoms with van der Waals surface area (Å²) in [7, 11) is -3.43. The maximum atomic E-state index is 12.1. The van der Waals surface area contributed by atoms with Gasteiger partial charge in [0, 0.05) is 26.2 Å². The molecule has 1 saturated carbocycles. The summed E-state index contributed by atoms with van der Waals surface area (Å²) in [4.78, 5) is 0. The number of nitrogens with one attached hydrogen (secondary N) is 1. The fourth-order valence-corrected chi connectivity index (χ4v) is 4.24. The van der Waals surface area contributed by atoms with Gasteiger partial charge in [-0.3, -0.25) is 0 Å². The molecule has 2 fully saturated rings. The van der Waals surface area contributed by atoms with E-state index < -0.39 is 10.2 Å². The molecule has 0 bridgehead atoms. The first-order chi connectivity index (χ1) is 9.62. The standard InChI is InChI=1S/C13H26N2O4S/c16-11-12-4-3-8-15(10-12)20(17,18)14-7-9-19-13-5-1-2-6-13/h12-14,16H,1-11H2. The molecular weight excluding hydrogens is 280 g/mol. The van der Waals surface area contributed by atoms with Gasteiger partial charge >= 0.3 is 0 Å². The van der Waals surface area contributed by atoms with Gasteiger partial charge in [0.15, 0.2) is 0 Å². The second-order valence-electron chi connectivity index (χ2n) is 5.73. The molecule has 0 aromatic carbocycles. The number of aliphatic hydroxyl groups is 1. The molecule has 0 radical (unpaired) electrons. The monoisotopic (exact) mass is 306 g/mol. The molecule has 6 nitrogen and oxygen atoms in total. The molecule has 118 valence electrons. The van der Waals surface area contributed by atoms with Crippen LogP contribution >= 0.6 is 0 Å². The third-order valence-corrected chi connectivity index (χ3v) is 5.70. The summed E-state index contributed by atoms with van der Waals surface area (Å²) in [6, 6.07) is 0. The highest BCUT2D eigenvalue weighted by Crippen LogP contribution is 2.20. The predicted octanol–water partition coefficient (Wildman–Crippen LogP) is 0.484. The summed E-state index contributed by atoms with van der Waals surface area (Å²) in [6.07, 6.45) is 6.64. The zero-order chi connectivity index (χ0) is 14.4. The van der Waals surface area contributed by atoms with Crippen LogP contribution in [0.2, 0.25) is 0 Å². The first-order valence-corrected chi connectivity index (χ1v) is 9.03. The predicted molar refractivity (Wildman–Crippen MR) is 76.5 cm³/mol. The number of nitrogens with zero attached hydrogens (tertiary/aromatic N) is 1. The first-order valence-electron chi connectivity index (χ1n) is 7.59. The van der Waals surface area contributed by atoms with Crippen LogP contribution in [-0.4, -0.2) is 56.8 Å². The van der Waals surface area contributed by atoms with Gasteiger partial charge in [-0.1, -0.05) is 12.8 Å². The van der Waals surface area contributed by atoms with Gasteiger partial charge < -0.3 is 9.84 Å². The van der Waals surface area contributed by atoms with Gasteiger partial charge in [-0.05, 0) is 31.6 Å². The Morgan fingerprint density at radius 1 is 1.20 bits per heavy atom. The molecule has 0 spiro atoms. The van der Waals surface area contributed by atoms with Crippen LogP contribution in [0.3, 0.4) is 0 Å². The van der Waals surface area contributed by atoms with Crippen LogP contribution < -0.4 is 4.72 Å². The third-order valence-electron chi connectivity index (χ3n) is 4.12. The lowest BCUT2D eigenvalue weighted by Crippen LogP contribution is -2.47. The average molecular weight is 306 g/mol. The second kappa shape index (κ2) is 7.70. The minimum atomic E-state index is -3.43. The zero-order valence-corrected chi connectivity index (χ0v) is 12.8. The van der Waals surface area contributed by atoms with Gasteiger partial charge in [0.2, 0.25) is 0 Å². The van der Waals surface area contributed by atoms with Gasteiger partial charge in [-0.2, -0.15) is 17.4 Å². The molecule has 1 heterocycles. The molecule has 1 saturated heterocycles. The Labute approximate surface area is 121 Å². The van der Waals surface area contributed by atoms with Crippen molar-refractivity contribution in [1.29, 1.82) is 0 Å². The molecule has 2 N–H and O–H groups in total. The van der Waals surface area contributed by atoms with E-state index in [1.54, 1.807) is 0 Å². The summed E-state index contributed by atoms with van der Waals surface area (Å²) in [6.45, 7) is 1.75. The van der Waals surface area contributed by atoms with Gasteiger partial charge in [0.05, 0.1) is 12.7 Å². The van der Waals surface area contributed by atoms with Crippen LogP contribution in [0, 0.1) is 5.92 Å². The summed E-state index contributed by atoms with van der Waals surface area (Å²) in [5, 5.41) is 9.15. The van der Waals surface area contributed by atoms with Crippen LogP contribution in [0.15, 0.2) is 0 Å². The molecule has 1 unspecified atom stereocenters. The van der Waals surface area contributed by atoms with Crippen LogP contribution in [0.5, 0.6) is 0 Å². The minimum absolute atomic E-state index is 0.0524. The van der Waals surface area contributed by atoms with E-state index in [1.807, 2.05) is 0 Å². The van der Waals surface area contributed by atoms with Crippen molar-refractivity contribution in [2.75, 3.05) is 32.8 Å². The maximum Gasteiger partial charge on any atom is 0.279 e. The molecule has 1 atom stereocenters. The van der Waals surface area contributed by atoms with E-state index in [0.717, 1.165) is 25.7 Å². The van der Waals surface area contributed by atoms with E-state index in [-0.39, 0.29) is 12.5 Å². The summed E-state index contributed by atoms with van der Waals surface area (Å²) >= 11 is 0. The largest absolute Gasteiger partial charge is 0.396 e. The van der Waals surface area contributed by atoms with Crippen molar-refractivity contribution in [2.24, 2.45) is 5.92 Å². The van der Waals surface area contributed by atoms with Gasteiger partial charge in [-0.15, -0.1) is 0 Å². The number of piperidine rings is 1. The average Bonchev–Trinajstić information content (AvgIpc) is 2.97. The third kappa shape index (κ3) is 4.66. The van der Waals surface area contributed by atoms with E-state index >= 15 is 0 Å². The Morgan fingerprint density at radius 3 is 2.65 bits per heavy atom. The summed E-state index contributed by atoms with van der Waals surface area (Å²) in [5.74, 6) is 0.0649. The Bertz CT molecular complexity index is 382. The lowest BCUT2D eigenvalue weighted by atomic mass is 10.0. The number of rotatable bonds is 7. The minimum Gasteiger partial charge on any atom is -0.396 e. The van der Waals surface area contributed by atoms with Crippen molar-refractivity contribution < 1.29 is 18.3 Å². The van der Waals surface area contributed by atoms with Crippen molar-refractivity contribution in [3.05, 3.63) is 0 Å². The van der Waals surface area contributed by atoms with Gasteiger partial charge in [0.1, 0.15) is 0 Å². The highest BCUT2D eigenvalue weighted by Gasteiger charge is 2.28. The number of hydrogen-bond acceptors (Lipinski definition) is 4. The number of hydrogen-bond donors (Lipinski definition) is 2. The molecule has 7 heteroatoms. The smallest absolute Gasteiger partial charge is 0.279 e. The van der Waals surface area contributed by atoms with Crippen molar-refractivity contribution >= 4 is 10.2 Å². The molecule has 1 aliphatic heterocycles.